The molecule has 1 aliphatic heterocycles. The molecule has 0 aromatic heterocycles. The van der Waals surface area contributed by atoms with Gasteiger partial charge in [-0.1, -0.05) is 6.07 Å². The summed E-state index contributed by atoms with van der Waals surface area (Å²) in [6, 6.07) is 6.26. The number of benzene rings is 2. The molecule has 1 N–H and O–H groups in total. The van der Waals surface area contributed by atoms with E-state index in [4.69, 9.17) is 9.47 Å². The predicted octanol–water partition coefficient (Wildman–Crippen LogP) is 3.81. The number of amides is 2. The molecule has 2 aromatic carbocycles. The number of carbonyl (C=O) groups excluding carboxylic acids is 1. The molecule has 5 nitrogen and oxygen atoms in total. The minimum atomic E-state index is -0.677. The molecule has 0 radical (unpaired) electrons. The largest absolute Gasteiger partial charge is 0.493 e. The van der Waals surface area contributed by atoms with E-state index in [9.17, 15) is 13.6 Å². The first-order valence-electron chi connectivity index (χ1n) is 8.67. The lowest BCUT2D eigenvalue weighted by Crippen LogP contribution is -2.43. The fourth-order valence-corrected chi connectivity index (χ4v) is 3.26. The van der Waals surface area contributed by atoms with Gasteiger partial charge in [-0.15, -0.1) is 0 Å². The second-order valence-corrected chi connectivity index (χ2v) is 6.48. The van der Waals surface area contributed by atoms with Crippen molar-refractivity contribution in [3.05, 3.63) is 58.7 Å². The van der Waals surface area contributed by atoms with Crippen molar-refractivity contribution < 1.29 is 23.0 Å². The lowest BCUT2D eigenvalue weighted by atomic mass is 9.99. The third kappa shape index (κ3) is 3.97. The molecular formula is C20H22F2N2O3. The van der Waals surface area contributed by atoms with E-state index < -0.39 is 17.7 Å². The van der Waals surface area contributed by atoms with Crippen LogP contribution in [-0.2, 0) is 13.0 Å². The van der Waals surface area contributed by atoms with Gasteiger partial charge >= 0.3 is 6.03 Å². The van der Waals surface area contributed by atoms with Gasteiger partial charge in [-0.25, -0.2) is 13.6 Å². The van der Waals surface area contributed by atoms with E-state index in [1.54, 1.807) is 26.0 Å². The number of nitrogens with one attached hydrogen (secondary N) is 1. The number of hydrogen-bond acceptors (Lipinski definition) is 3. The van der Waals surface area contributed by atoms with Crippen LogP contribution in [0.3, 0.4) is 0 Å². The Morgan fingerprint density at radius 1 is 1.11 bits per heavy atom. The molecule has 3 rings (SSSR count). The minimum Gasteiger partial charge on any atom is -0.493 e. The van der Waals surface area contributed by atoms with Crippen LogP contribution >= 0.6 is 0 Å². The maximum absolute atomic E-state index is 13.9. The van der Waals surface area contributed by atoms with Crippen molar-refractivity contribution in [2.75, 3.05) is 20.8 Å². The topological polar surface area (TPSA) is 50.8 Å². The van der Waals surface area contributed by atoms with E-state index in [1.807, 2.05) is 12.1 Å². The average molecular weight is 376 g/mol. The first-order chi connectivity index (χ1) is 12.9. The Morgan fingerprint density at radius 3 is 2.41 bits per heavy atom. The first-order valence-corrected chi connectivity index (χ1v) is 8.67. The quantitative estimate of drug-likeness (QED) is 0.883. The van der Waals surface area contributed by atoms with Gasteiger partial charge in [0.15, 0.2) is 11.5 Å². The second-order valence-electron chi connectivity index (χ2n) is 6.48. The molecule has 1 heterocycles. The molecule has 0 fully saturated rings. The van der Waals surface area contributed by atoms with E-state index in [0.29, 0.717) is 31.0 Å². The normalized spacial score (nSPS) is 14.3. The van der Waals surface area contributed by atoms with Gasteiger partial charge in [-0.3, -0.25) is 0 Å². The Kier molecular flexibility index (Phi) is 5.48. The molecule has 0 bridgehead atoms. The van der Waals surface area contributed by atoms with Crippen LogP contribution in [0.5, 0.6) is 11.5 Å². The van der Waals surface area contributed by atoms with Gasteiger partial charge < -0.3 is 19.7 Å². The number of rotatable bonds is 4. The number of ether oxygens (including phenoxy) is 2. The summed E-state index contributed by atoms with van der Waals surface area (Å²) in [5, 5.41) is 2.78. The highest BCUT2D eigenvalue weighted by Crippen LogP contribution is 2.33. The van der Waals surface area contributed by atoms with Gasteiger partial charge in [0.05, 0.1) is 20.3 Å². The molecule has 0 spiro atoms. The van der Waals surface area contributed by atoms with Gasteiger partial charge in [0.25, 0.3) is 0 Å². The van der Waals surface area contributed by atoms with Gasteiger partial charge in [0, 0.05) is 24.7 Å². The Morgan fingerprint density at radius 2 is 1.78 bits per heavy atom. The number of methoxy groups -OCH3 is 2. The standard InChI is InChI=1S/C20H22F2N2O3/c1-12(16-5-4-15(21)10-17(16)22)23-20(25)24-7-6-13-8-18(26-2)19(27-3)9-14(13)11-24/h4-5,8-10,12H,6-7,11H2,1-3H3,(H,23,25). The van der Waals surface area contributed by atoms with E-state index in [0.717, 1.165) is 17.2 Å². The molecule has 1 unspecified atom stereocenters. The number of halogens is 2. The number of carbonyl (C=O) groups is 1. The molecule has 144 valence electrons. The van der Waals surface area contributed by atoms with E-state index in [1.165, 1.54) is 12.1 Å². The molecule has 27 heavy (non-hydrogen) atoms. The zero-order chi connectivity index (χ0) is 19.6. The molecule has 1 aliphatic rings. The zero-order valence-corrected chi connectivity index (χ0v) is 15.5. The van der Waals surface area contributed by atoms with E-state index in [-0.39, 0.29) is 11.6 Å². The second kappa shape index (κ2) is 7.82. The molecule has 0 saturated heterocycles. The van der Waals surface area contributed by atoms with Crippen molar-refractivity contribution in [1.82, 2.24) is 10.2 Å². The summed E-state index contributed by atoms with van der Waals surface area (Å²) in [7, 11) is 3.15. The third-order valence-electron chi connectivity index (χ3n) is 4.77. The summed E-state index contributed by atoms with van der Waals surface area (Å²) < 4.78 is 37.6. The molecule has 2 aromatic rings. The van der Waals surface area contributed by atoms with Crippen LogP contribution in [-0.4, -0.2) is 31.7 Å². The predicted molar refractivity (Wildman–Crippen MR) is 97.0 cm³/mol. The summed E-state index contributed by atoms with van der Waals surface area (Å²) >= 11 is 0. The van der Waals surface area contributed by atoms with Crippen LogP contribution in [0.4, 0.5) is 13.6 Å². The Labute approximate surface area is 156 Å². The fourth-order valence-electron chi connectivity index (χ4n) is 3.26. The summed E-state index contributed by atoms with van der Waals surface area (Å²) in [5.74, 6) is -0.0507. The van der Waals surface area contributed by atoms with Crippen molar-refractivity contribution in [3.8, 4) is 11.5 Å². The van der Waals surface area contributed by atoms with Gasteiger partial charge in [-0.05, 0) is 42.7 Å². The Hall–Kier alpha value is -2.83. The number of nitrogens with zero attached hydrogens (tertiary/aromatic N) is 1. The lowest BCUT2D eigenvalue weighted by molar-refractivity contribution is 0.188. The highest BCUT2D eigenvalue weighted by molar-refractivity contribution is 5.75. The smallest absolute Gasteiger partial charge is 0.318 e. The zero-order valence-electron chi connectivity index (χ0n) is 15.5. The van der Waals surface area contributed by atoms with E-state index >= 15 is 0 Å². The van der Waals surface area contributed by atoms with Crippen molar-refractivity contribution >= 4 is 6.03 Å². The van der Waals surface area contributed by atoms with Gasteiger partial charge in [-0.2, -0.15) is 0 Å². The summed E-state index contributed by atoms with van der Waals surface area (Å²) in [6.07, 6.45) is 0.683. The number of urea groups is 1. The summed E-state index contributed by atoms with van der Waals surface area (Å²) in [5.41, 5.74) is 2.33. The van der Waals surface area contributed by atoms with Crippen LogP contribution in [0.25, 0.3) is 0 Å². The summed E-state index contributed by atoms with van der Waals surface area (Å²) in [4.78, 5) is 14.3. The maximum Gasteiger partial charge on any atom is 0.318 e. The van der Waals surface area contributed by atoms with Crippen LogP contribution in [0.15, 0.2) is 30.3 Å². The van der Waals surface area contributed by atoms with E-state index in [2.05, 4.69) is 5.32 Å². The molecule has 1 atom stereocenters. The number of hydrogen-bond donors (Lipinski definition) is 1. The van der Waals surface area contributed by atoms with Crippen LogP contribution in [0.1, 0.15) is 29.7 Å². The van der Waals surface area contributed by atoms with Crippen LogP contribution in [0.2, 0.25) is 0 Å². The fraction of sp³-hybridized carbons (Fsp3) is 0.350. The van der Waals surface area contributed by atoms with Crippen molar-refractivity contribution in [2.24, 2.45) is 0 Å². The lowest BCUT2D eigenvalue weighted by Gasteiger charge is -2.31. The third-order valence-corrected chi connectivity index (χ3v) is 4.77. The summed E-state index contributed by atoms with van der Waals surface area (Å²) in [6.45, 7) is 2.62. The van der Waals surface area contributed by atoms with Crippen molar-refractivity contribution in [1.29, 1.82) is 0 Å². The molecular weight excluding hydrogens is 354 g/mol. The van der Waals surface area contributed by atoms with Gasteiger partial charge in [0.2, 0.25) is 0 Å². The molecule has 7 heteroatoms. The average Bonchev–Trinajstić information content (AvgIpc) is 2.66. The van der Waals surface area contributed by atoms with Crippen LogP contribution in [0, 0.1) is 11.6 Å². The SMILES string of the molecule is COc1cc2c(cc1OC)CN(C(=O)NC(C)c1ccc(F)cc1F)CC2. The van der Waals surface area contributed by atoms with Crippen molar-refractivity contribution in [2.45, 2.75) is 25.9 Å². The Bertz CT molecular complexity index is 857. The molecule has 0 saturated carbocycles. The minimum absolute atomic E-state index is 0.244. The van der Waals surface area contributed by atoms with Gasteiger partial charge in [0.1, 0.15) is 11.6 Å². The highest BCUT2D eigenvalue weighted by Gasteiger charge is 2.24. The number of fused-ring (bicyclic) bond motifs is 1. The maximum atomic E-state index is 13.9. The first kappa shape index (κ1) is 18.9. The monoisotopic (exact) mass is 376 g/mol. The van der Waals surface area contributed by atoms with Crippen LogP contribution < -0.4 is 14.8 Å². The Balaban J connectivity index is 1.72. The molecule has 2 amide bonds. The highest BCUT2D eigenvalue weighted by atomic mass is 19.1. The molecule has 0 aliphatic carbocycles. The van der Waals surface area contributed by atoms with Crippen molar-refractivity contribution in [3.63, 3.8) is 0 Å².